The third-order valence-corrected chi connectivity index (χ3v) is 13.3. The van der Waals surface area contributed by atoms with Crippen molar-refractivity contribution in [3.05, 3.63) is 224 Å². The first-order chi connectivity index (χ1) is 33.2. The van der Waals surface area contributed by atoms with Crippen LogP contribution in [0.25, 0.3) is 133 Å². The molecule has 67 heavy (non-hydrogen) atoms. The first-order valence-electron chi connectivity index (χ1n) is 22.6. The fourth-order valence-corrected chi connectivity index (χ4v) is 10.3. The van der Waals surface area contributed by atoms with E-state index in [0.717, 1.165) is 99.4 Å². The van der Waals surface area contributed by atoms with Crippen molar-refractivity contribution in [3.63, 3.8) is 0 Å². The van der Waals surface area contributed by atoms with E-state index in [0.29, 0.717) is 17.5 Å². The molecule has 4 heterocycles. The lowest BCUT2D eigenvalue weighted by molar-refractivity contribution is 0.669. The van der Waals surface area contributed by atoms with Crippen LogP contribution in [0, 0.1) is 0 Å². The second-order valence-electron chi connectivity index (χ2n) is 17.2. The topological polar surface area (TPSA) is 61.7 Å². The van der Waals surface area contributed by atoms with Crippen LogP contribution >= 0.6 is 0 Å². The van der Waals surface area contributed by atoms with Gasteiger partial charge in [0.25, 0.3) is 0 Å². The quantitative estimate of drug-likeness (QED) is 0.167. The van der Waals surface area contributed by atoms with Crippen molar-refractivity contribution in [3.8, 4) is 56.7 Å². The predicted octanol–water partition coefficient (Wildman–Crippen LogP) is 15.8. The van der Waals surface area contributed by atoms with Crippen LogP contribution < -0.4 is 0 Å². The zero-order chi connectivity index (χ0) is 44.0. The Bertz CT molecular complexity index is 4280. The molecular weight excluding hydrogens is 819 g/mol. The molecule has 0 N–H and O–H groups in total. The van der Waals surface area contributed by atoms with Crippen molar-refractivity contribution in [1.29, 1.82) is 0 Å². The van der Waals surface area contributed by atoms with Crippen molar-refractivity contribution in [2.75, 3.05) is 0 Å². The Morgan fingerprint density at radius 3 is 1.67 bits per heavy atom. The van der Waals surface area contributed by atoms with Gasteiger partial charge in [-0.1, -0.05) is 158 Å². The van der Waals surface area contributed by atoms with E-state index in [1.165, 1.54) is 16.2 Å². The van der Waals surface area contributed by atoms with Crippen LogP contribution in [-0.2, 0) is 0 Å². The van der Waals surface area contributed by atoms with E-state index in [4.69, 9.17) is 19.4 Å². The van der Waals surface area contributed by atoms with E-state index < -0.39 is 0 Å². The van der Waals surface area contributed by atoms with E-state index >= 15 is 0 Å². The smallest absolute Gasteiger partial charge is 0.166 e. The predicted molar refractivity (Wildman–Crippen MR) is 275 cm³/mol. The number of fused-ring (bicyclic) bond motifs is 10. The zero-order valence-corrected chi connectivity index (χ0v) is 36.0. The van der Waals surface area contributed by atoms with Gasteiger partial charge in [-0.2, -0.15) is 0 Å². The molecule has 0 spiro atoms. The second-order valence-corrected chi connectivity index (χ2v) is 17.2. The van der Waals surface area contributed by atoms with Crippen LogP contribution in [0.3, 0.4) is 0 Å². The monoisotopic (exact) mass is 855 g/mol. The molecule has 312 valence electrons. The maximum absolute atomic E-state index is 6.66. The van der Waals surface area contributed by atoms with E-state index in [1.807, 2.05) is 18.2 Å². The first-order valence-corrected chi connectivity index (χ1v) is 22.6. The van der Waals surface area contributed by atoms with Crippen LogP contribution in [0.2, 0.25) is 0 Å². The molecule has 0 unspecified atom stereocenters. The van der Waals surface area contributed by atoms with Gasteiger partial charge >= 0.3 is 0 Å². The van der Waals surface area contributed by atoms with Crippen LogP contribution in [0.4, 0.5) is 0 Å². The number of hydrogen-bond acceptors (Lipinski definition) is 4. The highest BCUT2D eigenvalue weighted by Crippen LogP contribution is 2.44. The summed E-state index contributed by atoms with van der Waals surface area (Å²) in [6.45, 7) is 0. The van der Waals surface area contributed by atoms with Gasteiger partial charge in [-0.3, -0.25) is 0 Å². The maximum Gasteiger partial charge on any atom is 0.166 e. The number of nitrogens with zero attached hydrogens (tertiary/aromatic N) is 5. The molecule has 10 aromatic carbocycles. The number of para-hydroxylation sites is 4. The molecule has 0 saturated carbocycles. The minimum absolute atomic E-state index is 0.558. The maximum atomic E-state index is 6.66. The lowest BCUT2D eigenvalue weighted by atomic mass is 10.0. The normalized spacial score (nSPS) is 11.9. The lowest BCUT2D eigenvalue weighted by Crippen LogP contribution is -2.04. The minimum atomic E-state index is 0.558. The van der Waals surface area contributed by atoms with Crippen molar-refractivity contribution in [1.82, 2.24) is 24.1 Å². The van der Waals surface area contributed by atoms with Crippen LogP contribution in [0.1, 0.15) is 0 Å². The Morgan fingerprint density at radius 2 is 0.881 bits per heavy atom. The largest absolute Gasteiger partial charge is 0.456 e. The molecule has 6 nitrogen and oxygen atoms in total. The molecule has 0 bridgehead atoms. The van der Waals surface area contributed by atoms with E-state index in [2.05, 4.69) is 215 Å². The van der Waals surface area contributed by atoms with Crippen molar-refractivity contribution < 1.29 is 4.42 Å². The third kappa shape index (κ3) is 5.86. The summed E-state index contributed by atoms with van der Waals surface area (Å²) >= 11 is 0. The van der Waals surface area contributed by atoms with Gasteiger partial charge in [0.2, 0.25) is 0 Å². The average molecular weight is 856 g/mol. The Morgan fingerprint density at radius 1 is 0.313 bits per heavy atom. The Labute approximate surface area is 384 Å². The summed E-state index contributed by atoms with van der Waals surface area (Å²) in [6, 6.07) is 79.1. The van der Waals surface area contributed by atoms with Gasteiger partial charge in [-0.05, 0) is 88.6 Å². The second kappa shape index (κ2) is 14.7. The molecule has 0 aliphatic rings. The van der Waals surface area contributed by atoms with Crippen molar-refractivity contribution in [2.45, 2.75) is 0 Å². The summed E-state index contributed by atoms with van der Waals surface area (Å²) in [5.41, 5.74) is 12.9. The third-order valence-electron chi connectivity index (χ3n) is 13.3. The van der Waals surface area contributed by atoms with Gasteiger partial charge < -0.3 is 13.6 Å². The Hall–Kier alpha value is -9.13. The van der Waals surface area contributed by atoms with Gasteiger partial charge in [0.1, 0.15) is 11.2 Å². The van der Waals surface area contributed by atoms with Gasteiger partial charge in [0, 0.05) is 49.3 Å². The molecule has 0 atom stereocenters. The molecule has 0 radical (unpaired) electrons. The minimum Gasteiger partial charge on any atom is -0.456 e. The summed E-state index contributed by atoms with van der Waals surface area (Å²) in [6.07, 6.45) is 0. The molecule has 0 amide bonds. The molecule has 0 saturated heterocycles. The molecule has 14 rings (SSSR count). The first kappa shape index (κ1) is 37.3. The standard InChI is InChI=1S/C61H37N5O/c1-3-16-38(17-4-1)39-20-15-21-42(34-39)59-62-60(43-30-31-47-45-24-9-12-27-51(45)65(53(47)37-43)44-22-5-2-6-23-44)64-61(63-59)49-32-33-56-57(48-26-11-14-29-55(48)67-56)58(49)66-52-28-13-10-25-46(52)50-35-40-18-7-8-19-41(40)36-54(50)66/h1-37H. The molecule has 4 aromatic heterocycles. The number of benzene rings is 10. The molecule has 0 aliphatic heterocycles. The molecule has 6 heteroatoms. The van der Waals surface area contributed by atoms with Gasteiger partial charge in [0.05, 0.1) is 33.1 Å². The summed E-state index contributed by atoms with van der Waals surface area (Å²) in [5.74, 6) is 1.72. The van der Waals surface area contributed by atoms with E-state index in [-0.39, 0.29) is 0 Å². The number of rotatable bonds is 6. The van der Waals surface area contributed by atoms with Gasteiger partial charge in [-0.25, -0.2) is 15.0 Å². The lowest BCUT2D eigenvalue weighted by Gasteiger charge is -2.16. The Balaban J connectivity index is 1.09. The number of aromatic nitrogens is 5. The molecule has 14 aromatic rings. The number of hydrogen-bond donors (Lipinski definition) is 0. The van der Waals surface area contributed by atoms with Crippen LogP contribution in [-0.4, -0.2) is 24.1 Å². The zero-order valence-electron chi connectivity index (χ0n) is 36.0. The highest BCUT2D eigenvalue weighted by atomic mass is 16.3. The highest BCUT2D eigenvalue weighted by molar-refractivity contribution is 6.18. The van der Waals surface area contributed by atoms with E-state index in [1.54, 1.807) is 0 Å². The van der Waals surface area contributed by atoms with Crippen molar-refractivity contribution in [2.24, 2.45) is 0 Å². The van der Waals surface area contributed by atoms with Gasteiger partial charge in [0.15, 0.2) is 17.5 Å². The Kier molecular flexibility index (Phi) is 8.18. The van der Waals surface area contributed by atoms with Gasteiger partial charge in [-0.15, -0.1) is 0 Å². The molecule has 0 aliphatic carbocycles. The average Bonchev–Trinajstić information content (AvgIpc) is 4.05. The summed E-state index contributed by atoms with van der Waals surface area (Å²) in [4.78, 5) is 16.4. The SMILES string of the molecule is c1ccc(-c2cccc(-c3nc(-c4ccc5c6ccccc6n(-c6ccccc6)c5c4)nc(-c4ccc5oc6ccccc6c5c4-n4c5ccccc5c5cc6ccccc6cc54)n3)c2)cc1. The number of furan rings is 1. The van der Waals surface area contributed by atoms with E-state index in [9.17, 15) is 0 Å². The summed E-state index contributed by atoms with van der Waals surface area (Å²) in [5, 5.41) is 9.04. The molecular formula is C61H37N5O. The van der Waals surface area contributed by atoms with Crippen LogP contribution in [0.5, 0.6) is 0 Å². The summed E-state index contributed by atoms with van der Waals surface area (Å²) < 4.78 is 11.4. The fraction of sp³-hybridized carbons (Fsp3) is 0. The molecule has 0 fully saturated rings. The van der Waals surface area contributed by atoms with Crippen LogP contribution in [0.15, 0.2) is 229 Å². The summed E-state index contributed by atoms with van der Waals surface area (Å²) in [7, 11) is 0. The van der Waals surface area contributed by atoms with Crippen molar-refractivity contribution >= 4 is 76.3 Å². The highest BCUT2D eigenvalue weighted by Gasteiger charge is 2.25. The fourth-order valence-electron chi connectivity index (χ4n) is 10.3.